The predicted molar refractivity (Wildman–Crippen MR) is 50.5 cm³/mol. The molecule has 0 saturated carbocycles. The molecule has 1 aromatic rings. The summed E-state index contributed by atoms with van der Waals surface area (Å²) in [5, 5.41) is 0. The minimum Gasteiger partial charge on any atom is -0.426 e. The molecule has 0 aliphatic carbocycles. The summed E-state index contributed by atoms with van der Waals surface area (Å²) in [6.07, 6.45) is -4.55. The van der Waals surface area contributed by atoms with Crippen LogP contribution < -0.4 is 4.74 Å². The van der Waals surface area contributed by atoms with Gasteiger partial charge < -0.3 is 4.74 Å². The highest BCUT2D eigenvalue weighted by molar-refractivity contribution is 9.10. The van der Waals surface area contributed by atoms with Crippen molar-refractivity contribution < 1.29 is 22.7 Å². The minimum atomic E-state index is -4.55. The number of esters is 1. The summed E-state index contributed by atoms with van der Waals surface area (Å²) in [5.41, 5.74) is -0.980. The number of carbonyl (C=O) groups is 1. The van der Waals surface area contributed by atoms with E-state index in [-0.39, 0.29) is 4.47 Å². The van der Waals surface area contributed by atoms with Crippen LogP contribution in [0, 0.1) is 0 Å². The molecule has 0 fully saturated rings. The van der Waals surface area contributed by atoms with Gasteiger partial charge in [-0.15, -0.1) is 0 Å². The average molecular weight is 283 g/mol. The number of rotatable bonds is 1. The van der Waals surface area contributed by atoms with Gasteiger partial charge in [0.1, 0.15) is 5.75 Å². The summed E-state index contributed by atoms with van der Waals surface area (Å²) in [5.74, 6) is -1.28. The van der Waals surface area contributed by atoms with Gasteiger partial charge in [0.25, 0.3) is 0 Å². The van der Waals surface area contributed by atoms with E-state index in [1.54, 1.807) is 0 Å². The smallest absolute Gasteiger partial charge is 0.420 e. The fourth-order valence-electron chi connectivity index (χ4n) is 0.968. The second kappa shape index (κ2) is 4.22. The van der Waals surface area contributed by atoms with Crippen LogP contribution in [0.1, 0.15) is 12.5 Å². The van der Waals surface area contributed by atoms with E-state index in [0.29, 0.717) is 0 Å². The van der Waals surface area contributed by atoms with Gasteiger partial charge in [0.2, 0.25) is 0 Å². The third-order valence-corrected chi connectivity index (χ3v) is 1.99. The molecule has 82 valence electrons. The van der Waals surface area contributed by atoms with Gasteiger partial charge in [-0.25, -0.2) is 0 Å². The summed E-state index contributed by atoms with van der Waals surface area (Å²) in [6.45, 7) is 1.04. The number of carbonyl (C=O) groups excluding carboxylic acids is 1. The molecule has 0 heterocycles. The molecular weight excluding hydrogens is 277 g/mol. The van der Waals surface area contributed by atoms with E-state index in [2.05, 4.69) is 20.7 Å². The Balaban J connectivity index is 3.20. The van der Waals surface area contributed by atoms with Crippen LogP contribution in [0.5, 0.6) is 5.75 Å². The normalized spacial score (nSPS) is 11.3. The Morgan fingerprint density at radius 2 is 2.00 bits per heavy atom. The van der Waals surface area contributed by atoms with Gasteiger partial charge in [-0.1, -0.05) is 15.9 Å². The van der Waals surface area contributed by atoms with E-state index in [9.17, 15) is 18.0 Å². The lowest BCUT2D eigenvalue weighted by molar-refractivity contribution is -0.141. The molecule has 1 aromatic carbocycles. The Hall–Kier alpha value is -1.04. The van der Waals surface area contributed by atoms with Crippen molar-refractivity contribution in [1.29, 1.82) is 0 Å². The lowest BCUT2D eigenvalue weighted by atomic mass is 10.2. The van der Waals surface area contributed by atoms with Crippen LogP contribution in [0.15, 0.2) is 22.7 Å². The van der Waals surface area contributed by atoms with Crippen molar-refractivity contribution in [3.05, 3.63) is 28.2 Å². The van der Waals surface area contributed by atoms with Crippen molar-refractivity contribution in [2.24, 2.45) is 0 Å². The number of ether oxygens (including phenoxy) is 1. The number of alkyl halides is 3. The maximum atomic E-state index is 12.5. The Morgan fingerprint density at radius 1 is 1.40 bits per heavy atom. The van der Waals surface area contributed by atoms with Gasteiger partial charge in [-0.2, -0.15) is 13.2 Å². The zero-order valence-electron chi connectivity index (χ0n) is 7.56. The Bertz CT molecular complexity index is 387. The summed E-state index contributed by atoms with van der Waals surface area (Å²) in [7, 11) is 0. The number of hydrogen-bond acceptors (Lipinski definition) is 2. The SMILES string of the molecule is CC(=O)Oc1ccc(Br)cc1C(F)(F)F. The van der Waals surface area contributed by atoms with E-state index in [1.165, 1.54) is 6.07 Å². The second-order valence-corrected chi connectivity index (χ2v) is 3.65. The second-order valence-electron chi connectivity index (χ2n) is 2.73. The Kier molecular flexibility index (Phi) is 3.38. The highest BCUT2D eigenvalue weighted by Gasteiger charge is 2.34. The van der Waals surface area contributed by atoms with E-state index in [1.807, 2.05) is 0 Å². The first-order valence-electron chi connectivity index (χ1n) is 3.86. The molecule has 0 radical (unpaired) electrons. The van der Waals surface area contributed by atoms with Crippen LogP contribution in [-0.2, 0) is 11.0 Å². The summed E-state index contributed by atoms with van der Waals surface area (Å²) in [6, 6.07) is 3.32. The van der Waals surface area contributed by atoms with Crippen molar-refractivity contribution in [2.45, 2.75) is 13.1 Å². The zero-order valence-corrected chi connectivity index (χ0v) is 9.15. The first-order chi connectivity index (χ1) is 6.80. The van der Waals surface area contributed by atoms with E-state index < -0.39 is 23.5 Å². The monoisotopic (exact) mass is 282 g/mol. The topological polar surface area (TPSA) is 26.3 Å². The van der Waals surface area contributed by atoms with Crippen LogP contribution in [0.4, 0.5) is 13.2 Å². The fourth-order valence-corrected chi connectivity index (χ4v) is 1.33. The molecule has 0 aliphatic heterocycles. The molecule has 0 amide bonds. The Labute approximate surface area is 92.2 Å². The quantitative estimate of drug-likeness (QED) is 0.583. The van der Waals surface area contributed by atoms with Gasteiger partial charge in [0.05, 0.1) is 5.56 Å². The van der Waals surface area contributed by atoms with Crippen LogP contribution in [0.3, 0.4) is 0 Å². The molecule has 1 rings (SSSR count). The van der Waals surface area contributed by atoms with Crippen LogP contribution in [0.25, 0.3) is 0 Å². The fraction of sp³-hybridized carbons (Fsp3) is 0.222. The van der Waals surface area contributed by atoms with Gasteiger partial charge >= 0.3 is 12.1 Å². The van der Waals surface area contributed by atoms with Gasteiger partial charge in [0, 0.05) is 11.4 Å². The van der Waals surface area contributed by atoms with E-state index >= 15 is 0 Å². The molecule has 15 heavy (non-hydrogen) atoms. The first-order valence-corrected chi connectivity index (χ1v) is 4.65. The van der Waals surface area contributed by atoms with Crippen molar-refractivity contribution in [1.82, 2.24) is 0 Å². The minimum absolute atomic E-state index is 0.269. The molecule has 0 aromatic heterocycles. The molecule has 0 N–H and O–H groups in total. The summed E-state index contributed by atoms with van der Waals surface area (Å²) in [4.78, 5) is 10.6. The van der Waals surface area contributed by atoms with E-state index in [0.717, 1.165) is 19.1 Å². The van der Waals surface area contributed by atoms with E-state index in [4.69, 9.17) is 0 Å². The largest absolute Gasteiger partial charge is 0.426 e. The van der Waals surface area contributed by atoms with Gasteiger partial charge in [0.15, 0.2) is 0 Å². The molecule has 0 spiro atoms. The van der Waals surface area contributed by atoms with Crippen LogP contribution in [0.2, 0.25) is 0 Å². The van der Waals surface area contributed by atoms with Crippen molar-refractivity contribution >= 4 is 21.9 Å². The maximum absolute atomic E-state index is 12.5. The standard InChI is InChI=1S/C9H6BrF3O2/c1-5(14)15-8-3-2-6(10)4-7(8)9(11,12)13/h2-4H,1H3. The lowest BCUT2D eigenvalue weighted by Crippen LogP contribution is -2.11. The Morgan fingerprint density at radius 3 is 2.47 bits per heavy atom. The summed E-state index contributed by atoms with van der Waals surface area (Å²) < 4.78 is 42.1. The summed E-state index contributed by atoms with van der Waals surface area (Å²) >= 11 is 2.91. The van der Waals surface area contributed by atoms with Crippen molar-refractivity contribution in [3.63, 3.8) is 0 Å². The highest BCUT2D eigenvalue weighted by Crippen LogP contribution is 2.37. The maximum Gasteiger partial charge on any atom is 0.420 e. The molecular formula is C9H6BrF3O2. The highest BCUT2D eigenvalue weighted by atomic mass is 79.9. The molecule has 6 heteroatoms. The lowest BCUT2D eigenvalue weighted by Gasteiger charge is -2.12. The number of benzene rings is 1. The predicted octanol–water partition coefficient (Wildman–Crippen LogP) is 3.39. The van der Waals surface area contributed by atoms with Crippen molar-refractivity contribution in [2.75, 3.05) is 0 Å². The van der Waals surface area contributed by atoms with Crippen LogP contribution in [-0.4, -0.2) is 5.97 Å². The molecule has 0 saturated heterocycles. The van der Waals surface area contributed by atoms with Crippen LogP contribution >= 0.6 is 15.9 Å². The molecule has 0 aliphatic rings. The molecule has 0 bridgehead atoms. The average Bonchev–Trinajstić information content (AvgIpc) is 2.05. The first kappa shape index (κ1) is 12.0. The molecule has 2 nitrogen and oxygen atoms in total. The number of hydrogen-bond donors (Lipinski definition) is 0. The molecule has 0 atom stereocenters. The third kappa shape index (κ3) is 3.23. The zero-order chi connectivity index (χ0) is 11.6. The number of halogens is 4. The third-order valence-electron chi connectivity index (χ3n) is 1.50. The van der Waals surface area contributed by atoms with Crippen molar-refractivity contribution in [3.8, 4) is 5.75 Å². The van der Waals surface area contributed by atoms with Gasteiger partial charge in [-0.05, 0) is 18.2 Å². The van der Waals surface area contributed by atoms with Gasteiger partial charge in [-0.3, -0.25) is 4.79 Å². The molecule has 0 unspecified atom stereocenters.